The molecule has 0 fully saturated rings. The molecule has 8 heteroatoms. The number of carbonyl (C=O) groups excluding carboxylic acids is 1. The van der Waals surface area contributed by atoms with Crippen molar-refractivity contribution in [3.05, 3.63) is 54.1 Å². The monoisotopic (exact) mass is 366 g/mol. The van der Waals surface area contributed by atoms with E-state index in [1.54, 1.807) is 31.3 Å². The van der Waals surface area contributed by atoms with E-state index in [1.165, 1.54) is 24.3 Å². The molecule has 0 spiro atoms. The maximum absolute atomic E-state index is 12.4. The van der Waals surface area contributed by atoms with Gasteiger partial charge in [0.05, 0.1) is 12.1 Å². The Morgan fingerprint density at radius 3 is 2.20 bits per heavy atom. The van der Waals surface area contributed by atoms with E-state index in [0.29, 0.717) is 27.1 Å². The summed E-state index contributed by atoms with van der Waals surface area (Å²) in [6.07, 6.45) is -1.52. The van der Waals surface area contributed by atoms with Crippen molar-refractivity contribution in [3.63, 3.8) is 0 Å². The minimum Gasteiger partial charge on any atom is -0.464 e. The molecular formula is C17H16F2N2O3S. The predicted molar refractivity (Wildman–Crippen MR) is 93.5 cm³/mol. The van der Waals surface area contributed by atoms with Crippen molar-refractivity contribution in [2.24, 2.45) is 0 Å². The van der Waals surface area contributed by atoms with E-state index in [0.717, 1.165) is 5.69 Å². The van der Waals surface area contributed by atoms with Crippen LogP contribution in [-0.4, -0.2) is 29.9 Å². The first-order valence-electron chi connectivity index (χ1n) is 7.28. The van der Waals surface area contributed by atoms with Crippen molar-refractivity contribution in [1.29, 1.82) is 0 Å². The van der Waals surface area contributed by atoms with Crippen LogP contribution in [0.1, 0.15) is 5.56 Å². The van der Waals surface area contributed by atoms with E-state index in [4.69, 9.17) is 0 Å². The first-order chi connectivity index (χ1) is 11.9. The Hall–Kier alpha value is -2.61. The van der Waals surface area contributed by atoms with Gasteiger partial charge in [0.25, 0.3) is 5.76 Å². The Labute approximate surface area is 147 Å². The number of rotatable bonds is 6. The molecule has 0 aliphatic carbocycles. The number of nitrogens with one attached hydrogen (secondary N) is 1. The van der Waals surface area contributed by atoms with E-state index in [9.17, 15) is 23.5 Å². The van der Waals surface area contributed by atoms with Gasteiger partial charge in [0.2, 0.25) is 5.91 Å². The molecule has 2 aromatic carbocycles. The van der Waals surface area contributed by atoms with Crippen LogP contribution in [0.15, 0.2) is 53.4 Å². The van der Waals surface area contributed by atoms with Crippen LogP contribution in [0.3, 0.4) is 0 Å². The molecular weight excluding hydrogens is 350 g/mol. The van der Waals surface area contributed by atoms with Crippen molar-refractivity contribution in [2.45, 2.75) is 17.1 Å². The van der Waals surface area contributed by atoms with Crippen LogP contribution in [-0.2, 0) is 11.2 Å². The first kappa shape index (κ1) is 18.7. The van der Waals surface area contributed by atoms with Gasteiger partial charge >= 0.3 is 6.09 Å². The predicted octanol–water partition coefficient (Wildman–Crippen LogP) is 4.30. The van der Waals surface area contributed by atoms with Crippen LogP contribution in [0.2, 0.25) is 0 Å². The number of benzene rings is 2. The molecule has 0 aliphatic heterocycles. The van der Waals surface area contributed by atoms with Crippen LogP contribution in [0, 0.1) is 0 Å². The summed E-state index contributed by atoms with van der Waals surface area (Å²) in [6, 6.07) is 12.4. The number of hydrogen-bond donors (Lipinski definition) is 2. The van der Waals surface area contributed by atoms with E-state index in [-0.39, 0.29) is 12.1 Å². The smallest absolute Gasteiger partial charge is 0.418 e. The molecule has 0 saturated heterocycles. The summed E-state index contributed by atoms with van der Waals surface area (Å²) in [7, 11) is 1.77. The maximum atomic E-state index is 12.4. The van der Waals surface area contributed by atoms with E-state index < -0.39 is 17.8 Å². The van der Waals surface area contributed by atoms with E-state index >= 15 is 0 Å². The van der Waals surface area contributed by atoms with Gasteiger partial charge in [-0.15, -0.1) is 0 Å². The quantitative estimate of drug-likeness (QED) is 0.746. The van der Waals surface area contributed by atoms with Crippen molar-refractivity contribution < 1.29 is 23.5 Å². The van der Waals surface area contributed by atoms with E-state index in [1.807, 2.05) is 0 Å². The highest BCUT2D eigenvalue weighted by molar-refractivity contribution is 7.99. The summed E-state index contributed by atoms with van der Waals surface area (Å²) in [5.41, 5.74) is 1.65. The molecule has 0 unspecified atom stereocenters. The summed E-state index contributed by atoms with van der Waals surface area (Å²) in [5.74, 6) is -3.19. The lowest BCUT2D eigenvalue weighted by Crippen LogP contribution is -2.36. The van der Waals surface area contributed by atoms with Crippen molar-refractivity contribution >= 4 is 35.1 Å². The van der Waals surface area contributed by atoms with Gasteiger partial charge in [0.15, 0.2) is 0 Å². The molecule has 0 bridgehead atoms. The SMILES string of the molecule is CNc1ccc(CC(=O)N(C(=O)O)c2ccc(SC(F)F)cc2)cc1. The fourth-order valence-corrected chi connectivity index (χ4v) is 2.68. The fourth-order valence-electron chi connectivity index (χ4n) is 2.18. The highest BCUT2D eigenvalue weighted by atomic mass is 32.2. The van der Waals surface area contributed by atoms with Gasteiger partial charge in [-0.25, -0.2) is 9.69 Å². The van der Waals surface area contributed by atoms with Gasteiger partial charge in [-0.05, 0) is 42.0 Å². The standard InChI is InChI=1S/C17H16F2N2O3S/c1-20-12-4-2-11(3-5-12)10-15(22)21(17(23)24)13-6-8-14(9-7-13)25-16(18)19/h2-9,16,20H,10H2,1H3,(H,23,24). The van der Waals surface area contributed by atoms with Crippen LogP contribution in [0.25, 0.3) is 0 Å². The van der Waals surface area contributed by atoms with Gasteiger partial charge in [0.1, 0.15) is 0 Å². The number of hydrogen-bond acceptors (Lipinski definition) is 4. The number of thioether (sulfide) groups is 1. The molecule has 2 N–H and O–H groups in total. The second kappa shape index (κ2) is 8.48. The summed E-state index contributed by atoms with van der Waals surface area (Å²) in [6.45, 7) is 0. The number of amides is 2. The normalized spacial score (nSPS) is 10.6. The Morgan fingerprint density at radius 1 is 1.12 bits per heavy atom. The third-order valence-corrected chi connectivity index (χ3v) is 4.08. The second-order valence-electron chi connectivity index (χ2n) is 5.01. The molecule has 0 atom stereocenters. The van der Waals surface area contributed by atoms with Crippen LogP contribution < -0.4 is 10.2 Å². The minimum atomic E-state index is -2.57. The molecule has 0 aromatic heterocycles. The van der Waals surface area contributed by atoms with Crippen molar-refractivity contribution in [1.82, 2.24) is 0 Å². The van der Waals surface area contributed by atoms with Gasteiger partial charge in [0, 0.05) is 17.6 Å². The Bertz CT molecular complexity index is 737. The number of nitrogens with zero attached hydrogens (tertiary/aromatic N) is 1. The Kier molecular flexibility index (Phi) is 6.35. The number of halogens is 2. The second-order valence-corrected chi connectivity index (χ2v) is 6.07. The Morgan fingerprint density at radius 2 is 1.72 bits per heavy atom. The first-order valence-corrected chi connectivity index (χ1v) is 8.16. The number of imide groups is 1. The van der Waals surface area contributed by atoms with Crippen LogP contribution >= 0.6 is 11.8 Å². The van der Waals surface area contributed by atoms with Crippen LogP contribution in [0.4, 0.5) is 25.0 Å². The molecule has 2 amide bonds. The zero-order valence-corrected chi connectivity index (χ0v) is 14.1. The van der Waals surface area contributed by atoms with Gasteiger partial charge < -0.3 is 10.4 Å². The molecule has 132 valence electrons. The number of alkyl halides is 2. The zero-order valence-electron chi connectivity index (χ0n) is 13.3. The topological polar surface area (TPSA) is 69.6 Å². The minimum absolute atomic E-state index is 0.0934. The van der Waals surface area contributed by atoms with Crippen molar-refractivity contribution in [3.8, 4) is 0 Å². The average molecular weight is 366 g/mol. The van der Waals surface area contributed by atoms with Crippen LogP contribution in [0.5, 0.6) is 0 Å². The molecule has 25 heavy (non-hydrogen) atoms. The lowest BCUT2D eigenvalue weighted by atomic mass is 10.1. The largest absolute Gasteiger partial charge is 0.464 e. The molecule has 2 aromatic rings. The third-order valence-electron chi connectivity index (χ3n) is 3.36. The number of carbonyl (C=O) groups is 2. The number of carboxylic acid groups (broad SMARTS) is 1. The maximum Gasteiger partial charge on any atom is 0.418 e. The third kappa shape index (κ3) is 5.18. The van der Waals surface area contributed by atoms with Gasteiger partial charge in [-0.2, -0.15) is 8.78 Å². The summed E-state index contributed by atoms with van der Waals surface area (Å²) < 4.78 is 24.7. The summed E-state index contributed by atoms with van der Waals surface area (Å²) in [4.78, 5) is 24.7. The molecule has 0 aliphatic rings. The van der Waals surface area contributed by atoms with Gasteiger partial charge in [-0.3, -0.25) is 4.79 Å². The average Bonchev–Trinajstić information content (AvgIpc) is 2.56. The highest BCUT2D eigenvalue weighted by Gasteiger charge is 2.23. The molecule has 0 radical (unpaired) electrons. The van der Waals surface area contributed by atoms with Crippen molar-refractivity contribution in [2.75, 3.05) is 17.3 Å². The summed E-state index contributed by atoms with van der Waals surface area (Å²) >= 11 is 0.352. The molecule has 2 rings (SSSR count). The molecule has 0 heterocycles. The fraction of sp³-hybridized carbons (Fsp3) is 0.176. The lowest BCUT2D eigenvalue weighted by molar-refractivity contribution is -0.117. The summed E-state index contributed by atoms with van der Waals surface area (Å²) in [5, 5.41) is 12.3. The number of anilines is 2. The molecule has 5 nitrogen and oxygen atoms in total. The van der Waals surface area contributed by atoms with E-state index in [2.05, 4.69) is 5.32 Å². The van der Waals surface area contributed by atoms with Gasteiger partial charge in [-0.1, -0.05) is 23.9 Å². The zero-order chi connectivity index (χ0) is 18.4. The highest BCUT2D eigenvalue weighted by Crippen LogP contribution is 2.27. The lowest BCUT2D eigenvalue weighted by Gasteiger charge is -2.18. The molecule has 0 saturated carbocycles. The Balaban J connectivity index is 2.15.